The summed E-state index contributed by atoms with van der Waals surface area (Å²) in [6.07, 6.45) is -5.65. The average molecular weight is 365 g/mol. The van der Waals surface area contributed by atoms with Gasteiger partial charge in [0.15, 0.2) is 0 Å². The molecule has 1 atom stereocenters. The van der Waals surface area contributed by atoms with Gasteiger partial charge >= 0.3 is 12.1 Å². The Bertz CT molecular complexity index is 760. The molecule has 2 aromatic carbocycles. The van der Waals surface area contributed by atoms with E-state index in [4.69, 9.17) is 0 Å². The summed E-state index contributed by atoms with van der Waals surface area (Å²) in [7, 11) is 0. The highest BCUT2D eigenvalue weighted by Crippen LogP contribution is 2.23. The molecule has 26 heavy (non-hydrogen) atoms. The van der Waals surface area contributed by atoms with Crippen LogP contribution in [0.1, 0.15) is 33.8 Å². The minimum Gasteiger partial charge on any atom is -0.481 e. The average Bonchev–Trinajstić information content (AvgIpc) is 2.60. The summed E-state index contributed by atoms with van der Waals surface area (Å²) in [6, 6.07) is 14.4. The van der Waals surface area contributed by atoms with Gasteiger partial charge in [-0.15, -0.1) is 0 Å². The molecule has 2 aromatic rings. The van der Waals surface area contributed by atoms with Gasteiger partial charge in [-0.3, -0.25) is 9.59 Å². The van der Waals surface area contributed by atoms with Crippen LogP contribution in [0.2, 0.25) is 0 Å². The van der Waals surface area contributed by atoms with Crippen LogP contribution >= 0.6 is 0 Å². The lowest BCUT2D eigenvalue weighted by atomic mass is 9.98. The highest BCUT2D eigenvalue weighted by atomic mass is 19.4. The third kappa shape index (κ3) is 5.61. The lowest BCUT2D eigenvalue weighted by Crippen LogP contribution is -2.32. The fourth-order valence-electron chi connectivity index (χ4n) is 2.56. The first-order chi connectivity index (χ1) is 12.3. The fourth-order valence-corrected chi connectivity index (χ4v) is 2.56. The molecule has 0 aliphatic carbocycles. The van der Waals surface area contributed by atoms with Crippen molar-refractivity contribution in [3.05, 3.63) is 71.3 Å². The van der Waals surface area contributed by atoms with Crippen LogP contribution in [0, 0.1) is 0 Å². The first-order valence-electron chi connectivity index (χ1n) is 7.98. The van der Waals surface area contributed by atoms with Gasteiger partial charge in [0.2, 0.25) is 0 Å². The van der Waals surface area contributed by atoms with Crippen LogP contribution < -0.4 is 5.32 Å². The molecule has 7 heteroatoms. The van der Waals surface area contributed by atoms with Gasteiger partial charge in [-0.1, -0.05) is 48.5 Å². The van der Waals surface area contributed by atoms with E-state index in [1.165, 1.54) is 12.1 Å². The van der Waals surface area contributed by atoms with Crippen LogP contribution in [0.4, 0.5) is 13.2 Å². The quantitative estimate of drug-likeness (QED) is 0.785. The Morgan fingerprint density at radius 2 is 1.62 bits per heavy atom. The van der Waals surface area contributed by atoms with E-state index in [0.717, 1.165) is 0 Å². The number of rotatable bonds is 7. The molecule has 2 N–H and O–H groups in total. The molecule has 0 aliphatic rings. The van der Waals surface area contributed by atoms with Crippen LogP contribution in [0.5, 0.6) is 0 Å². The Hall–Kier alpha value is -2.83. The zero-order valence-corrected chi connectivity index (χ0v) is 13.8. The summed E-state index contributed by atoms with van der Waals surface area (Å²) in [5, 5.41) is 11.9. The lowest BCUT2D eigenvalue weighted by Gasteiger charge is -2.15. The maximum absolute atomic E-state index is 12.4. The molecular weight excluding hydrogens is 347 g/mol. The molecule has 138 valence electrons. The zero-order chi connectivity index (χ0) is 19.2. The summed E-state index contributed by atoms with van der Waals surface area (Å²) in [4.78, 5) is 23.8. The van der Waals surface area contributed by atoms with Crippen molar-refractivity contribution in [1.82, 2.24) is 5.32 Å². The molecular formula is C19H18F3NO3. The molecule has 0 aromatic heterocycles. The Morgan fingerprint density at radius 3 is 2.23 bits per heavy atom. The number of alkyl halides is 3. The molecule has 0 fully saturated rings. The number of hydrogen-bond acceptors (Lipinski definition) is 2. The van der Waals surface area contributed by atoms with Gasteiger partial charge in [0.05, 0.1) is 5.92 Å². The third-order valence-electron chi connectivity index (χ3n) is 3.91. The van der Waals surface area contributed by atoms with Crippen molar-refractivity contribution in [1.29, 1.82) is 0 Å². The number of nitrogens with one attached hydrogen (secondary N) is 1. The van der Waals surface area contributed by atoms with Gasteiger partial charge in [0.25, 0.3) is 5.91 Å². The predicted molar refractivity (Wildman–Crippen MR) is 90.0 cm³/mol. The summed E-state index contributed by atoms with van der Waals surface area (Å²) in [5.41, 5.74) is 0.925. The highest BCUT2D eigenvalue weighted by molar-refractivity contribution is 5.96. The molecule has 1 unspecified atom stereocenters. The van der Waals surface area contributed by atoms with Crippen LogP contribution in [0.3, 0.4) is 0 Å². The number of carboxylic acid groups (broad SMARTS) is 1. The first-order valence-corrected chi connectivity index (χ1v) is 7.98. The molecule has 1 amide bonds. The van der Waals surface area contributed by atoms with E-state index in [1.807, 2.05) is 0 Å². The molecule has 4 nitrogen and oxygen atoms in total. The minimum atomic E-state index is -4.31. The van der Waals surface area contributed by atoms with E-state index in [0.29, 0.717) is 5.56 Å². The van der Waals surface area contributed by atoms with Gasteiger partial charge in [0, 0.05) is 18.5 Å². The molecule has 0 saturated carbocycles. The number of benzene rings is 2. The second kappa shape index (κ2) is 8.51. The summed E-state index contributed by atoms with van der Waals surface area (Å²) < 4.78 is 37.3. The Kier molecular flexibility index (Phi) is 6.38. The van der Waals surface area contributed by atoms with Gasteiger partial charge in [-0.2, -0.15) is 13.2 Å². The number of amides is 1. The molecule has 0 spiro atoms. The Labute approximate surface area is 148 Å². The summed E-state index contributed by atoms with van der Waals surface area (Å²) in [5.74, 6) is -2.63. The van der Waals surface area contributed by atoms with E-state index in [9.17, 15) is 27.9 Å². The number of carbonyl (C=O) groups is 2. The van der Waals surface area contributed by atoms with Crippen LogP contribution in [0.15, 0.2) is 54.6 Å². The zero-order valence-electron chi connectivity index (χ0n) is 13.8. The summed E-state index contributed by atoms with van der Waals surface area (Å²) in [6.45, 7) is -0.161. The maximum Gasteiger partial charge on any atom is 0.389 e. The summed E-state index contributed by atoms with van der Waals surface area (Å²) >= 11 is 0. The topological polar surface area (TPSA) is 66.4 Å². The SMILES string of the molecule is O=C(NCC(C(=O)O)c1ccccc1)c1ccccc1CCC(F)(F)F. The van der Waals surface area contributed by atoms with E-state index in [1.54, 1.807) is 42.5 Å². The van der Waals surface area contributed by atoms with E-state index >= 15 is 0 Å². The van der Waals surface area contributed by atoms with Gasteiger partial charge in [-0.25, -0.2) is 0 Å². The number of carboxylic acids is 1. The van der Waals surface area contributed by atoms with Crippen molar-refractivity contribution in [3.8, 4) is 0 Å². The van der Waals surface area contributed by atoms with E-state index in [2.05, 4.69) is 5.32 Å². The van der Waals surface area contributed by atoms with E-state index in [-0.39, 0.29) is 24.1 Å². The van der Waals surface area contributed by atoms with E-state index < -0.39 is 30.4 Å². The van der Waals surface area contributed by atoms with Crippen molar-refractivity contribution >= 4 is 11.9 Å². The lowest BCUT2D eigenvalue weighted by molar-refractivity contribution is -0.138. The molecule has 0 radical (unpaired) electrons. The van der Waals surface area contributed by atoms with Crippen molar-refractivity contribution in [2.45, 2.75) is 24.9 Å². The van der Waals surface area contributed by atoms with Gasteiger partial charge < -0.3 is 10.4 Å². The number of aryl methyl sites for hydroxylation is 1. The number of carbonyl (C=O) groups excluding carboxylic acids is 1. The molecule has 0 saturated heterocycles. The van der Waals surface area contributed by atoms with Crippen molar-refractivity contribution in [3.63, 3.8) is 0 Å². The van der Waals surface area contributed by atoms with Crippen molar-refractivity contribution in [2.24, 2.45) is 0 Å². The standard InChI is InChI=1S/C19H18F3NO3/c20-19(21,22)11-10-14-8-4-5-9-15(14)17(24)23-12-16(18(25)26)13-6-2-1-3-7-13/h1-9,16H,10-12H2,(H,23,24)(H,25,26). The van der Waals surface area contributed by atoms with Crippen molar-refractivity contribution in [2.75, 3.05) is 6.54 Å². The third-order valence-corrected chi connectivity index (χ3v) is 3.91. The Morgan fingerprint density at radius 1 is 1.00 bits per heavy atom. The highest BCUT2D eigenvalue weighted by Gasteiger charge is 2.27. The smallest absolute Gasteiger partial charge is 0.389 e. The van der Waals surface area contributed by atoms with Crippen LogP contribution in [-0.2, 0) is 11.2 Å². The van der Waals surface area contributed by atoms with Crippen molar-refractivity contribution < 1.29 is 27.9 Å². The van der Waals surface area contributed by atoms with Crippen LogP contribution in [0.25, 0.3) is 0 Å². The fraction of sp³-hybridized carbons (Fsp3) is 0.263. The molecule has 0 aliphatic heterocycles. The maximum atomic E-state index is 12.4. The number of aliphatic carboxylic acids is 1. The number of halogens is 3. The van der Waals surface area contributed by atoms with Gasteiger partial charge in [0.1, 0.15) is 0 Å². The first kappa shape index (κ1) is 19.5. The monoisotopic (exact) mass is 365 g/mol. The second-order valence-corrected chi connectivity index (χ2v) is 5.78. The predicted octanol–water partition coefficient (Wildman–Crippen LogP) is 3.78. The number of hydrogen-bond donors (Lipinski definition) is 2. The molecule has 2 rings (SSSR count). The molecule has 0 heterocycles. The normalized spacial score (nSPS) is 12.4. The minimum absolute atomic E-state index is 0.119. The van der Waals surface area contributed by atoms with Crippen LogP contribution in [-0.4, -0.2) is 29.7 Å². The Balaban J connectivity index is 2.08. The molecule has 0 bridgehead atoms. The largest absolute Gasteiger partial charge is 0.481 e. The van der Waals surface area contributed by atoms with Gasteiger partial charge in [-0.05, 0) is 23.6 Å². The second-order valence-electron chi connectivity index (χ2n) is 5.78.